The van der Waals surface area contributed by atoms with E-state index in [-0.39, 0.29) is 18.3 Å². The lowest BCUT2D eigenvalue weighted by Crippen LogP contribution is -2.41. The van der Waals surface area contributed by atoms with Gasteiger partial charge in [-0.15, -0.1) is 5.06 Å². The molecule has 1 aliphatic heterocycles. The molecule has 1 fully saturated rings. The van der Waals surface area contributed by atoms with Crippen LogP contribution in [-0.4, -0.2) is 53.2 Å². The van der Waals surface area contributed by atoms with Crippen molar-refractivity contribution < 1.29 is 24.3 Å². The summed E-state index contributed by atoms with van der Waals surface area (Å²) in [4.78, 5) is 29.9. The molecule has 1 N–H and O–H groups in total. The first-order valence-corrected chi connectivity index (χ1v) is 8.22. The maximum absolute atomic E-state index is 12.3. The highest BCUT2D eigenvalue weighted by molar-refractivity contribution is 5.72. The van der Waals surface area contributed by atoms with E-state index in [9.17, 15) is 14.7 Å². The molecule has 7 heteroatoms. The van der Waals surface area contributed by atoms with Gasteiger partial charge in [0.1, 0.15) is 24.4 Å². The number of ether oxygens (including phenoxy) is 1. The molecule has 0 spiro atoms. The number of benzene rings is 1. The third-order valence-corrected chi connectivity index (χ3v) is 3.95. The highest BCUT2D eigenvalue weighted by Crippen LogP contribution is 2.21. The summed E-state index contributed by atoms with van der Waals surface area (Å²) in [6.07, 6.45) is -0.895. The molecule has 1 saturated heterocycles. The van der Waals surface area contributed by atoms with Gasteiger partial charge in [0, 0.05) is 13.5 Å². The summed E-state index contributed by atoms with van der Waals surface area (Å²) in [6, 6.07) is 9.03. The number of amides is 1. The van der Waals surface area contributed by atoms with Crippen LogP contribution in [-0.2, 0) is 20.8 Å². The van der Waals surface area contributed by atoms with E-state index in [1.54, 1.807) is 5.94 Å². The first kappa shape index (κ1) is 19.1. The standard InChI is InChI=1S/C18H24N2O5/c1-13(2)9-15(11-21)19(3)18(23)25-20-12-24-17(22)16(20)10-14-7-5-4-6-8-14/h4-8,13,16-17,22H,9-10,12H2,1-3H3. The van der Waals surface area contributed by atoms with Crippen molar-refractivity contribution in [2.45, 2.75) is 39.0 Å². The summed E-state index contributed by atoms with van der Waals surface area (Å²) in [5, 5.41) is 11.3. The number of aliphatic hydroxyl groups is 1. The van der Waals surface area contributed by atoms with E-state index in [1.807, 2.05) is 44.2 Å². The van der Waals surface area contributed by atoms with Crippen LogP contribution in [0.15, 0.2) is 36.0 Å². The lowest BCUT2D eigenvalue weighted by atomic mass is 10.1. The van der Waals surface area contributed by atoms with Gasteiger partial charge in [0.25, 0.3) is 0 Å². The summed E-state index contributed by atoms with van der Waals surface area (Å²) in [5.74, 6) is 1.99. The van der Waals surface area contributed by atoms with Crippen molar-refractivity contribution in [1.29, 1.82) is 0 Å². The summed E-state index contributed by atoms with van der Waals surface area (Å²) in [6.45, 7) is 3.84. The predicted octanol–water partition coefficient (Wildman–Crippen LogP) is 1.95. The maximum Gasteiger partial charge on any atom is 0.433 e. The number of hydrogen-bond donors (Lipinski definition) is 1. The van der Waals surface area contributed by atoms with Gasteiger partial charge < -0.3 is 14.7 Å². The van der Waals surface area contributed by atoms with Crippen LogP contribution in [0.1, 0.15) is 25.8 Å². The van der Waals surface area contributed by atoms with Crippen LogP contribution >= 0.6 is 0 Å². The first-order valence-electron chi connectivity index (χ1n) is 8.22. The van der Waals surface area contributed by atoms with Crippen LogP contribution in [0, 0.1) is 5.92 Å². The third kappa shape index (κ3) is 5.14. The number of rotatable bonds is 6. The summed E-state index contributed by atoms with van der Waals surface area (Å²) in [5.41, 5.74) is 1.21. The van der Waals surface area contributed by atoms with E-state index >= 15 is 0 Å². The van der Waals surface area contributed by atoms with Crippen LogP contribution in [0.4, 0.5) is 4.79 Å². The molecular weight excluding hydrogens is 324 g/mol. The lowest BCUT2D eigenvalue weighted by molar-refractivity contribution is -0.134. The Morgan fingerprint density at radius 3 is 2.72 bits per heavy atom. The molecule has 2 unspecified atom stereocenters. The Morgan fingerprint density at radius 2 is 2.12 bits per heavy atom. The Labute approximate surface area is 147 Å². The molecule has 1 amide bonds. The first-order chi connectivity index (χ1) is 11.9. The van der Waals surface area contributed by atoms with Crippen molar-refractivity contribution in [2.24, 2.45) is 5.92 Å². The van der Waals surface area contributed by atoms with Crippen molar-refractivity contribution in [1.82, 2.24) is 9.96 Å². The lowest BCUT2D eigenvalue weighted by Gasteiger charge is -2.25. The Balaban J connectivity index is 2.02. The quantitative estimate of drug-likeness (QED) is 0.792. The molecule has 1 heterocycles. The second kappa shape index (κ2) is 8.78. The maximum atomic E-state index is 12.3. The average molecular weight is 348 g/mol. The van der Waals surface area contributed by atoms with Gasteiger partial charge in [-0.05, 0) is 17.9 Å². The number of hydroxylamine groups is 2. The minimum Gasteiger partial charge on any atom is -0.366 e. The fourth-order valence-corrected chi connectivity index (χ4v) is 2.56. The van der Waals surface area contributed by atoms with E-state index in [0.29, 0.717) is 12.8 Å². The van der Waals surface area contributed by atoms with Crippen LogP contribution in [0.2, 0.25) is 0 Å². The molecule has 0 radical (unpaired) electrons. The molecule has 2 atom stereocenters. The molecule has 0 aliphatic carbocycles. The van der Waals surface area contributed by atoms with Gasteiger partial charge in [-0.3, -0.25) is 4.90 Å². The highest BCUT2D eigenvalue weighted by Gasteiger charge is 2.37. The van der Waals surface area contributed by atoms with E-state index in [0.717, 1.165) is 10.5 Å². The topological polar surface area (TPSA) is 79.3 Å². The minimum atomic E-state index is -1.06. The van der Waals surface area contributed by atoms with E-state index in [2.05, 4.69) is 0 Å². The van der Waals surface area contributed by atoms with Crippen molar-refractivity contribution in [2.75, 3.05) is 13.8 Å². The Bertz CT molecular complexity index is 628. The van der Waals surface area contributed by atoms with Crippen LogP contribution < -0.4 is 0 Å². The van der Waals surface area contributed by atoms with Gasteiger partial charge in [-0.2, -0.15) is 0 Å². The molecule has 25 heavy (non-hydrogen) atoms. The molecule has 0 aromatic heterocycles. The number of carbonyl (C=O) groups excluding carboxylic acids is 2. The summed E-state index contributed by atoms with van der Waals surface area (Å²) in [7, 11) is 1.46. The molecule has 0 bridgehead atoms. The number of nitrogens with zero attached hydrogens (tertiary/aromatic N) is 2. The Hall–Kier alpha value is -2.18. The normalized spacial score (nSPS) is 20.4. The fraction of sp³-hybridized carbons (Fsp3) is 0.500. The second-order valence-electron chi connectivity index (χ2n) is 6.42. The molecule has 7 nitrogen and oxygen atoms in total. The van der Waals surface area contributed by atoms with Crippen LogP contribution in [0.25, 0.3) is 0 Å². The molecule has 0 saturated carbocycles. The zero-order chi connectivity index (χ0) is 18.4. The molecule has 1 aliphatic rings. The van der Waals surface area contributed by atoms with E-state index < -0.39 is 18.4 Å². The Morgan fingerprint density at radius 1 is 1.44 bits per heavy atom. The smallest absolute Gasteiger partial charge is 0.366 e. The van der Waals surface area contributed by atoms with Crippen molar-refractivity contribution in [3.63, 3.8) is 0 Å². The van der Waals surface area contributed by atoms with Gasteiger partial charge in [0.05, 0.1) is 0 Å². The van der Waals surface area contributed by atoms with Crippen molar-refractivity contribution in [3.05, 3.63) is 41.6 Å². The average Bonchev–Trinajstić information content (AvgIpc) is 2.93. The highest BCUT2D eigenvalue weighted by atomic mass is 16.8. The summed E-state index contributed by atoms with van der Waals surface area (Å²) < 4.78 is 5.18. The Kier molecular flexibility index (Phi) is 6.73. The van der Waals surface area contributed by atoms with Gasteiger partial charge in [0.2, 0.25) is 0 Å². The zero-order valence-electron chi connectivity index (χ0n) is 14.7. The minimum absolute atomic E-state index is 0.0391. The molecule has 2 rings (SSSR count). The third-order valence-electron chi connectivity index (χ3n) is 3.95. The zero-order valence-corrected chi connectivity index (χ0v) is 14.7. The summed E-state index contributed by atoms with van der Waals surface area (Å²) >= 11 is 0. The molecule has 1 aromatic carbocycles. The van der Waals surface area contributed by atoms with Gasteiger partial charge in [-0.25, -0.2) is 9.59 Å². The second-order valence-corrected chi connectivity index (χ2v) is 6.42. The fourth-order valence-electron chi connectivity index (χ4n) is 2.56. The number of allylic oxidation sites excluding steroid dienone is 1. The van der Waals surface area contributed by atoms with Crippen molar-refractivity contribution >= 4 is 12.0 Å². The largest absolute Gasteiger partial charge is 0.433 e. The van der Waals surface area contributed by atoms with Crippen LogP contribution in [0.5, 0.6) is 0 Å². The predicted molar refractivity (Wildman–Crippen MR) is 90.6 cm³/mol. The van der Waals surface area contributed by atoms with Gasteiger partial charge in [0.15, 0.2) is 6.29 Å². The van der Waals surface area contributed by atoms with Crippen molar-refractivity contribution in [3.8, 4) is 0 Å². The number of carbonyl (C=O) groups is 1. The molecular formula is C18H24N2O5. The monoisotopic (exact) mass is 348 g/mol. The number of hydrogen-bond acceptors (Lipinski definition) is 6. The van der Waals surface area contributed by atoms with Gasteiger partial charge >= 0.3 is 6.09 Å². The molecule has 136 valence electrons. The van der Waals surface area contributed by atoms with Crippen LogP contribution in [0.3, 0.4) is 0 Å². The SMILES string of the molecule is CC(C)CC(=C=O)N(C)C(=O)ON1COC(O)C1Cc1ccccc1. The van der Waals surface area contributed by atoms with E-state index in [1.165, 1.54) is 12.1 Å². The number of aliphatic hydroxyl groups excluding tert-OH is 1. The van der Waals surface area contributed by atoms with E-state index in [4.69, 9.17) is 9.57 Å². The van der Waals surface area contributed by atoms with Gasteiger partial charge in [-0.1, -0.05) is 44.2 Å². The molecule has 1 aromatic rings.